The normalized spacial score (nSPS) is 24.4. The minimum atomic E-state index is -4.38. The van der Waals surface area contributed by atoms with Crippen LogP contribution in [-0.2, 0) is 6.18 Å². The standard InChI is InChI=1S/C13H13F3N2O/c14-13(15,16)10-3-1-2-9(6-10)12-7-11(19)8-18(12)5-4-17/h1-3,6,11-12,19H,5,7-8H2. The van der Waals surface area contributed by atoms with Gasteiger partial charge in [0.2, 0.25) is 0 Å². The van der Waals surface area contributed by atoms with Gasteiger partial charge in [-0.3, -0.25) is 4.90 Å². The van der Waals surface area contributed by atoms with Crippen molar-refractivity contribution in [3.63, 3.8) is 0 Å². The summed E-state index contributed by atoms with van der Waals surface area (Å²) < 4.78 is 38.0. The van der Waals surface area contributed by atoms with Crippen molar-refractivity contribution in [3.05, 3.63) is 35.4 Å². The smallest absolute Gasteiger partial charge is 0.392 e. The fourth-order valence-electron chi connectivity index (χ4n) is 2.41. The van der Waals surface area contributed by atoms with Gasteiger partial charge < -0.3 is 5.11 Å². The van der Waals surface area contributed by atoms with Gasteiger partial charge in [0.05, 0.1) is 24.3 Å². The Bertz CT molecular complexity index is 495. The Kier molecular flexibility index (Phi) is 3.78. The van der Waals surface area contributed by atoms with Crippen LogP contribution >= 0.6 is 0 Å². The quantitative estimate of drug-likeness (QED) is 0.839. The van der Waals surface area contributed by atoms with Gasteiger partial charge in [0.1, 0.15) is 0 Å². The van der Waals surface area contributed by atoms with Crippen molar-refractivity contribution in [3.8, 4) is 6.07 Å². The predicted octanol–water partition coefficient (Wildman–Crippen LogP) is 2.34. The zero-order chi connectivity index (χ0) is 14.0. The molecule has 102 valence electrons. The lowest BCUT2D eigenvalue weighted by Crippen LogP contribution is -2.25. The van der Waals surface area contributed by atoms with Crippen LogP contribution in [0.3, 0.4) is 0 Å². The van der Waals surface area contributed by atoms with Crippen LogP contribution in [0.15, 0.2) is 24.3 Å². The maximum atomic E-state index is 12.7. The number of alkyl halides is 3. The number of nitriles is 1. The first-order valence-electron chi connectivity index (χ1n) is 5.88. The summed E-state index contributed by atoms with van der Waals surface area (Å²) in [6, 6.07) is 6.69. The van der Waals surface area contributed by atoms with Crippen molar-refractivity contribution in [2.75, 3.05) is 13.1 Å². The van der Waals surface area contributed by atoms with E-state index in [1.807, 2.05) is 6.07 Å². The fraction of sp³-hybridized carbons (Fsp3) is 0.462. The molecule has 0 bridgehead atoms. The first-order valence-corrected chi connectivity index (χ1v) is 5.88. The van der Waals surface area contributed by atoms with Gasteiger partial charge in [-0.2, -0.15) is 18.4 Å². The van der Waals surface area contributed by atoms with Crippen molar-refractivity contribution >= 4 is 0 Å². The summed E-state index contributed by atoms with van der Waals surface area (Å²) in [5, 5.41) is 18.3. The molecule has 0 aromatic heterocycles. The molecule has 1 aromatic carbocycles. The molecule has 1 aromatic rings. The van der Waals surface area contributed by atoms with Crippen LogP contribution in [0.25, 0.3) is 0 Å². The van der Waals surface area contributed by atoms with Gasteiger partial charge in [-0.15, -0.1) is 0 Å². The molecule has 1 saturated heterocycles. The molecule has 3 nitrogen and oxygen atoms in total. The molecule has 0 radical (unpaired) electrons. The number of benzene rings is 1. The molecule has 6 heteroatoms. The Morgan fingerprint density at radius 2 is 2.16 bits per heavy atom. The molecule has 0 saturated carbocycles. The van der Waals surface area contributed by atoms with Crippen molar-refractivity contribution < 1.29 is 18.3 Å². The largest absolute Gasteiger partial charge is 0.416 e. The van der Waals surface area contributed by atoms with Gasteiger partial charge in [-0.1, -0.05) is 12.1 Å². The number of hydrogen-bond donors (Lipinski definition) is 1. The summed E-state index contributed by atoms with van der Waals surface area (Å²) in [6.07, 6.45) is -4.64. The molecule has 1 aliphatic rings. The summed E-state index contributed by atoms with van der Waals surface area (Å²) >= 11 is 0. The van der Waals surface area contributed by atoms with Gasteiger partial charge in [-0.25, -0.2) is 0 Å². The Morgan fingerprint density at radius 3 is 2.79 bits per heavy atom. The number of likely N-dealkylation sites (tertiary alicyclic amines) is 1. The molecule has 2 unspecified atom stereocenters. The van der Waals surface area contributed by atoms with Crippen LogP contribution in [-0.4, -0.2) is 29.2 Å². The Morgan fingerprint density at radius 1 is 1.42 bits per heavy atom. The highest BCUT2D eigenvalue weighted by Crippen LogP contribution is 2.35. The molecule has 1 heterocycles. The van der Waals surface area contributed by atoms with E-state index in [1.165, 1.54) is 6.07 Å². The lowest BCUT2D eigenvalue weighted by molar-refractivity contribution is -0.137. The molecular formula is C13H13F3N2O. The minimum absolute atomic E-state index is 0.0952. The zero-order valence-corrected chi connectivity index (χ0v) is 10.1. The molecular weight excluding hydrogens is 257 g/mol. The lowest BCUT2D eigenvalue weighted by atomic mass is 10.0. The number of β-amino-alcohol motifs (C(OH)–C–C–N with tert-alkyl or cyclic N) is 1. The maximum Gasteiger partial charge on any atom is 0.416 e. The van der Waals surface area contributed by atoms with Crippen molar-refractivity contribution in [2.24, 2.45) is 0 Å². The molecule has 0 spiro atoms. The summed E-state index contributed by atoms with van der Waals surface area (Å²) in [5.41, 5.74) is -0.218. The van der Waals surface area contributed by atoms with Crippen molar-refractivity contribution in [1.82, 2.24) is 4.90 Å². The second-order valence-corrected chi connectivity index (χ2v) is 4.62. The third kappa shape index (κ3) is 3.06. The average molecular weight is 270 g/mol. The van der Waals surface area contributed by atoms with E-state index in [9.17, 15) is 18.3 Å². The van der Waals surface area contributed by atoms with Crippen LogP contribution in [0.1, 0.15) is 23.6 Å². The summed E-state index contributed by atoms with van der Waals surface area (Å²) in [7, 11) is 0. The second-order valence-electron chi connectivity index (χ2n) is 4.62. The van der Waals surface area contributed by atoms with E-state index >= 15 is 0 Å². The van der Waals surface area contributed by atoms with E-state index in [-0.39, 0.29) is 12.6 Å². The monoisotopic (exact) mass is 270 g/mol. The van der Waals surface area contributed by atoms with Gasteiger partial charge >= 0.3 is 6.18 Å². The lowest BCUT2D eigenvalue weighted by Gasteiger charge is -2.22. The molecule has 1 fully saturated rings. The topological polar surface area (TPSA) is 47.3 Å². The minimum Gasteiger partial charge on any atom is -0.392 e. The summed E-state index contributed by atoms with van der Waals surface area (Å²) in [5.74, 6) is 0. The molecule has 19 heavy (non-hydrogen) atoms. The third-order valence-electron chi connectivity index (χ3n) is 3.25. The van der Waals surface area contributed by atoms with E-state index in [1.54, 1.807) is 11.0 Å². The van der Waals surface area contributed by atoms with Gasteiger partial charge in [-0.05, 0) is 24.1 Å². The van der Waals surface area contributed by atoms with Crippen LogP contribution in [0.4, 0.5) is 13.2 Å². The highest BCUT2D eigenvalue weighted by Gasteiger charge is 2.34. The number of hydrogen-bond acceptors (Lipinski definition) is 3. The van der Waals surface area contributed by atoms with Crippen LogP contribution < -0.4 is 0 Å². The predicted molar refractivity (Wildman–Crippen MR) is 62.0 cm³/mol. The van der Waals surface area contributed by atoms with Crippen LogP contribution in [0.5, 0.6) is 0 Å². The van der Waals surface area contributed by atoms with E-state index in [2.05, 4.69) is 0 Å². The zero-order valence-electron chi connectivity index (χ0n) is 10.1. The van der Waals surface area contributed by atoms with Crippen molar-refractivity contribution in [2.45, 2.75) is 24.7 Å². The summed E-state index contributed by atoms with van der Waals surface area (Å²) in [4.78, 5) is 1.69. The number of halogens is 3. The molecule has 1 aliphatic heterocycles. The molecule has 0 amide bonds. The van der Waals surface area contributed by atoms with E-state index < -0.39 is 17.8 Å². The number of aliphatic hydroxyl groups is 1. The number of aliphatic hydroxyl groups excluding tert-OH is 1. The highest BCUT2D eigenvalue weighted by atomic mass is 19.4. The molecule has 1 N–H and O–H groups in total. The third-order valence-corrected chi connectivity index (χ3v) is 3.25. The van der Waals surface area contributed by atoms with Gasteiger partial charge in [0, 0.05) is 12.6 Å². The average Bonchev–Trinajstić information content (AvgIpc) is 2.70. The van der Waals surface area contributed by atoms with Gasteiger partial charge in [0.25, 0.3) is 0 Å². The Balaban J connectivity index is 2.28. The van der Waals surface area contributed by atoms with E-state index in [0.29, 0.717) is 18.5 Å². The Hall–Kier alpha value is -1.58. The second kappa shape index (κ2) is 5.19. The van der Waals surface area contributed by atoms with Crippen LogP contribution in [0, 0.1) is 11.3 Å². The van der Waals surface area contributed by atoms with Gasteiger partial charge in [0.15, 0.2) is 0 Å². The molecule has 0 aliphatic carbocycles. The molecule has 2 rings (SSSR count). The first-order chi connectivity index (χ1) is 8.91. The van der Waals surface area contributed by atoms with Crippen LogP contribution in [0.2, 0.25) is 0 Å². The van der Waals surface area contributed by atoms with Crippen molar-refractivity contribution in [1.29, 1.82) is 5.26 Å². The van der Waals surface area contributed by atoms with E-state index in [4.69, 9.17) is 5.26 Å². The maximum absolute atomic E-state index is 12.7. The fourth-order valence-corrected chi connectivity index (χ4v) is 2.41. The SMILES string of the molecule is N#CCN1CC(O)CC1c1cccc(C(F)(F)F)c1. The van der Waals surface area contributed by atoms with E-state index in [0.717, 1.165) is 12.1 Å². The molecule has 2 atom stereocenters. The highest BCUT2D eigenvalue weighted by molar-refractivity contribution is 5.29. The number of nitrogens with zero attached hydrogens (tertiary/aromatic N) is 2. The Labute approximate surface area is 108 Å². The number of rotatable bonds is 2. The summed E-state index contributed by atoms with van der Waals surface area (Å²) in [6.45, 7) is 0.409. The first kappa shape index (κ1) is 13.8.